The molecule has 0 atom stereocenters. The van der Waals surface area contributed by atoms with Crippen molar-refractivity contribution in [2.75, 3.05) is 7.11 Å². The lowest BCUT2D eigenvalue weighted by molar-refractivity contribution is -0.274. The van der Waals surface area contributed by atoms with Crippen molar-refractivity contribution in [1.82, 2.24) is 0 Å². The minimum atomic E-state index is -4.88. The highest BCUT2D eigenvalue weighted by Crippen LogP contribution is 2.46. The second-order valence-corrected chi connectivity index (χ2v) is 6.32. The maximum absolute atomic E-state index is 14.5. The van der Waals surface area contributed by atoms with Gasteiger partial charge in [0, 0.05) is 11.6 Å². The molecule has 0 heterocycles. The van der Waals surface area contributed by atoms with Gasteiger partial charge in [-0.3, -0.25) is 0 Å². The van der Waals surface area contributed by atoms with Gasteiger partial charge in [-0.25, -0.2) is 9.18 Å². The molecule has 1 fully saturated rings. The van der Waals surface area contributed by atoms with Gasteiger partial charge in [-0.2, -0.15) is 0 Å². The first-order chi connectivity index (χ1) is 13.1. The van der Waals surface area contributed by atoms with Crippen LogP contribution in [0.4, 0.5) is 17.6 Å². The number of methoxy groups -OCH3 is 1. The van der Waals surface area contributed by atoms with Crippen molar-refractivity contribution >= 4 is 5.97 Å². The van der Waals surface area contributed by atoms with E-state index in [1.807, 2.05) is 0 Å². The first kappa shape index (κ1) is 19.8. The van der Waals surface area contributed by atoms with E-state index in [-0.39, 0.29) is 34.3 Å². The van der Waals surface area contributed by atoms with Gasteiger partial charge in [0.25, 0.3) is 0 Å². The molecule has 5 nitrogen and oxygen atoms in total. The summed E-state index contributed by atoms with van der Waals surface area (Å²) < 4.78 is 66.1. The van der Waals surface area contributed by atoms with Gasteiger partial charge >= 0.3 is 12.3 Å². The fourth-order valence-corrected chi connectivity index (χ4v) is 2.87. The number of hydrogen-bond acceptors (Lipinski definition) is 4. The molecule has 150 valence electrons. The molecule has 3 rings (SSSR count). The quantitative estimate of drug-likeness (QED) is 0.657. The van der Waals surface area contributed by atoms with Gasteiger partial charge in [0.05, 0.1) is 7.11 Å². The third kappa shape index (κ3) is 4.13. The molecule has 28 heavy (non-hydrogen) atoms. The van der Waals surface area contributed by atoms with Crippen LogP contribution in [0.25, 0.3) is 0 Å². The summed E-state index contributed by atoms with van der Waals surface area (Å²) in [4.78, 5) is 11.6. The molecule has 1 aliphatic rings. The van der Waals surface area contributed by atoms with Crippen LogP contribution in [-0.2, 0) is 0 Å². The molecule has 0 spiro atoms. The third-order valence-corrected chi connectivity index (χ3v) is 4.31. The molecule has 0 bridgehead atoms. The predicted molar refractivity (Wildman–Crippen MR) is 89.8 cm³/mol. The highest BCUT2D eigenvalue weighted by molar-refractivity contribution is 5.93. The normalized spacial score (nSPS) is 13.9. The first-order valence-corrected chi connectivity index (χ1v) is 8.28. The summed E-state index contributed by atoms with van der Waals surface area (Å²) in [6.45, 7) is 1.34. The number of alkyl halides is 3. The van der Waals surface area contributed by atoms with Gasteiger partial charge in [0.2, 0.25) is 0 Å². The summed E-state index contributed by atoms with van der Waals surface area (Å²) >= 11 is 0. The lowest BCUT2D eigenvalue weighted by atomic mass is 10.00. The zero-order chi connectivity index (χ0) is 20.6. The fourth-order valence-electron chi connectivity index (χ4n) is 2.87. The minimum Gasteiger partial charge on any atom is -0.493 e. The molecule has 0 aromatic heterocycles. The van der Waals surface area contributed by atoms with E-state index < -0.39 is 23.9 Å². The van der Waals surface area contributed by atoms with Crippen LogP contribution in [-0.4, -0.2) is 24.5 Å². The molecule has 0 saturated heterocycles. The second-order valence-electron chi connectivity index (χ2n) is 6.32. The fraction of sp³-hybridized carbons (Fsp3) is 0.316. The standard InChI is InChI=1S/C19H16F4O5/c1-9-16(18(24)25)15(8-12(17(9)20)10-3-4-10)27-13-6-5-11(7-14(13)26-2)28-19(21,22)23/h5-8,10H,3-4H2,1-2H3,(H,24,25). The van der Waals surface area contributed by atoms with Crippen molar-refractivity contribution in [2.24, 2.45) is 0 Å². The van der Waals surface area contributed by atoms with Gasteiger partial charge in [0.15, 0.2) is 11.5 Å². The summed E-state index contributed by atoms with van der Waals surface area (Å²) in [6, 6.07) is 4.44. The van der Waals surface area contributed by atoms with Crippen LogP contribution in [0.1, 0.15) is 40.2 Å². The number of carbonyl (C=O) groups is 1. The Hall–Kier alpha value is -2.97. The van der Waals surface area contributed by atoms with Crippen molar-refractivity contribution in [1.29, 1.82) is 0 Å². The summed E-state index contributed by atoms with van der Waals surface area (Å²) in [5.74, 6) is -2.76. The lowest BCUT2D eigenvalue weighted by Gasteiger charge is -2.17. The van der Waals surface area contributed by atoms with Crippen LogP contribution < -0.4 is 14.2 Å². The van der Waals surface area contributed by atoms with Crippen LogP contribution in [0.3, 0.4) is 0 Å². The van der Waals surface area contributed by atoms with Gasteiger partial charge in [-0.1, -0.05) is 0 Å². The van der Waals surface area contributed by atoms with E-state index in [0.29, 0.717) is 5.56 Å². The van der Waals surface area contributed by atoms with E-state index in [1.165, 1.54) is 20.1 Å². The molecule has 9 heteroatoms. The van der Waals surface area contributed by atoms with Crippen LogP contribution in [0, 0.1) is 12.7 Å². The Morgan fingerprint density at radius 3 is 2.36 bits per heavy atom. The van der Waals surface area contributed by atoms with E-state index in [2.05, 4.69) is 4.74 Å². The van der Waals surface area contributed by atoms with Crippen LogP contribution in [0.5, 0.6) is 23.0 Å². The summed E-state index contributed by atoms with van der Waals surface area (Å²) in [6.07, 6.45) is -3.30. The Kier molecular flexibility index (Phi) is 5.10. The van der Waals surface area contributed by atoms with Gasteiger partial charge in [-0.15, -0.1) is 13.2 Å². The number of carboxylic acids is 1. The number of carboxylic acid groups (broad SMARTS) is 1. The van der Waals surface area contributed by atoms with E-state index >= 15 is 0 Å². The number of benzene rings is 2. The minimum absolute atomic E-state index is 0.00616. The van der Waals surface area contributed by atoms with E-state index in [9.17, 15) is 27.5 Å². The molecule has 2 aromatic carbocycles. The maximum atomic E-state index is 14.5. The molecule has 0 unspecified atom stereocenters. The number of aromatic carboxylic acids is 1. The molecule has 0 aliphatic heterocycles. The monoisotopic (exact) mass is 400 g/mol. The van der Waals surface area contributed by atoms with Crippen molar-refractivity contribution in [2.45, 2.75) is 32.0 Å². The Labute approximate surface area is 157 Å². The first-order valence-electron chi connectivity index (χ1n) is 8.28. The molecule has 0 amide bonds. The van der Waals surface area contributed by atoms with Crippen molar-refractivity contribution in [3.8, 4) is 23.0 Å². The maximum Gasteiger partial charge on any atom is 0.573 e. The SMILES string of the molecule is COc1cc(OC(F)(F)F)ccc1Oc1cc(C2CC2)c(F)c(C)c1C(=O)O. The van der Waals surface area contributed by atoms with Crippen LogP contribution >= 0.6 is 0 Å². The van der Waals surface area contributed by atoms with Gasteiger partial charge in [-0.05, 0) is 49.4 Å². The van der Waals surface area contributed by atoms with Gasteiger partial charge < -0.3 is 19.3 Å². The lowest BCUT2D eigenvalue weighted by Crippen LogP contribution is -2.17. The largest absolute Gasteiger partial charge is 0.573 e. The highest BCUT2D eigenvalue weighted by atomic mass is 19.4. The van der Waals surface area contributed by atoms with Crippen molar-refractivity contribution in [3.63, 3.8) is 0 Å². The topological polar surface area (TPSA) is 65.0 Å². The molecule has 2 aromatic rings. The average molecular weight is 400 g/mol. The number of rotatable bonds is 6. The van der Waals surface area contributed by atoms with Crippen molar-refractivity contribution in [3.05, 3.63) is 46.8 Å². The second kappa shape index (κ2) is 7.21. The zero-order valence-electron chi connectivity index (χ0n) is 14.9. The summed E-state index contributed by atoms with van der Waals surface area (Å²) in [5.41, 5.74) is -0.0732. The highest BCUT2D eigenvalue weighted by Gasteiger charge is 2.33. The van der Waals surface area contributed by atoms with E-state index in [4.69, 9.17) is 9.47 Å². The average Bonchev–Trinajstić information content (AvgIpc) is 3.42. The molecular formula is C19H16F4O5. The van der Waals surface area contributed by atoms with Gasteiger partial charge in [0.1, 0.15) is 22.9 Å². The molecule has 1 saturated carbocycles. The smallest absolute Gasteiger partial charge is 0.493 e. The number of hydrogen-bond donors (Lipinski definition) is 1. The Morgan fingerprint density at radius 1 is 1.14 bits per heavy atom. The van der Waals surface area contributed by atoms with E-state index in [1.54, 1.807) is 0 Å². The number of ether oxygens (including phenoxy) is 3. The Balaban J connectivity index is 2.02. The summed E-state index contributed by atoms with van der Waals surface area (Å²) in [5, 5.41) is 9.47. The summed E-state index contributed by atoms with van der Waals surface area (Å²) in [7, 11) is 1.21. The predicted octanol–water partition coefficient (Wildman–Crippen LogP) is 5.41. The zero-order valence-corrected chi connectivity index (χ0v) is 14.9. The molecule has 1 aliphatic carbocycles. The van der Waals surface area contributed by atoms with E-state index in [0.717, 1.165) is 31.0 Å². The number of halogens is 4. The molecule has 0 radical (unpaired) electrons. The molecular weight excluding hydrogens is 384 g/mol. The van der Waals surface area contributed by atoms with Crippen molar-refractivity contribution < 1.29 is 41.7 Å². The van der Waals surface area contributed by atoms with Crippen LogP contribution in [0.15, 0.2) is 24.3 Å². The Bertz CT molecular complexity index is 920. The van der Waals surface area contributed by atoms with Crippen LogP contribution in [0.2, 0.25) is 0 Å². The Morgan fingerprint density at radius 2 is 1.82 bits per heavy atom. The molecule has 1 N–H and O–H groups in total. The third-order valence-electron chi connectivity index (χ3n) is 4.31.